The van der Waals surface area contributed by atoms with Gasteiger partial charge >= 0.3 is 0 Å². The van der Waals surface area contributed by atoms with Gasteiger partial charge in [-0.1, -0.05) is 24.1 Å². The zero-order valence-electron chi connectivity index (χ0n) is 18.0. The lowest BCUT2D eigenvalue weighted by Gasteiger charge is -2.31. The Morgan fingerprint density at radius 3 is 2.81 bits per heavy atom. The van der Waals surface area contributed by atoms with E-state index in [0.29, 0.717) is 25.2 Å². The summed E-state index contributed by atoms with van der Waals surface area (Å²) in [6.45, 7) is 7.05. The van der Waals surface area contributed by atoms with Crippen LogP contribution in [-0.2, 0) is 22.6 Å². The Labute approximate surface area is 184 Å². The number of halogens is 1. The van der Waals surface area contributed by atoms with Crippen LogP contribution < -0.4 is 0 Å². The maximum atomic E-state index is 14.1. The van der Waals surface area contributed by atoms with Crippen molar-refractivity contribution >= 4 is 0 Å². The maximum absolute atomic E-state index is 14.1. The molecular formula is C24H32FN3O3. The van der Waals surface area contributed by atoms with Crippen molar-refractivity contribution in [2.45, 2.75) is 19.2 Å². The largest absolute Gasteiger partial charge is 0.389 e. The summed E-state index contributed by atoms with van der Waals surface area (Å²) in [4.78, 5) is 4.59. The minimum absolute atomic E-state index is 0.191. The number of aromatic nitrogens is 1. The Hall–Kier alpha value is -2.21. The molecule has 0 aliphatic carbocycles. The SMILES string of the molecule is C#CCOC[C@H](O)CN(CCN1CCOCC1)Cc1cccn1Cc1ccccc1F. The van der Waals surface area contributed by atoms with Gasteiger partial charge in [-0.25, -0.2) is 4.39 Å². The summed E-state index contributed by atoms with van der Waals surface area (Å²) in [6, 6.07) is 10.9. The van der Waals surface area contributed by atoms with E-state index in [2.05, 4.69) is 20.3 Å². The Morgan fingerprint density at radius 2 is 2.03 bits per heavy atom. The van der Waals surface area contributed by atoms with Crippen LogP contribution in [0.2, 0.25) is 0 Å². The Bertz CT molecular complexity index is 829. The number of benzene rings is 1. The first-order valence-electron chi connectivity index (χ1n) is 10.7. The third-order valence-electron chi connectivity index (χ3n) is 5.41. The van der Waals surface area contributed by atoms with Crippen molar-refractivity contribution in [3.8, 4) is 12.3 Å². The van der Waals surface area contributed by atoms with Crippen molar-refractivity contribution in [2.24, 2.45) is 0 Å². The molecule has 31 heavy (non-hydrogen) atoms. The van der Waals surface area contributed by atoms with Gasteiger partial charge in [0.15, 0.2) is 0 Å². The lowest BCUT2D eigenvalue weighted by Crippen LogP contribution is -2.43. The first-order valence-corrected chi connectivity index (χ1v) is 10.7. The number of nitrogens with zero attached hydrogens (tertiary/aromatic N) is 3. The van der Waals surface area contributed by atoms with Gasteiger partial charge in [0.1, 0.15) is 12.4 Å². The topological polar surface area (TPSA) is 50.1 Å². The van der Waals surface area contributed by atoms with E-state index >= 15 is 0 Å². The lowest BCUT2D eigenvalue weighted by molar-refractivity contribution is 0.0133. The second kappa shape index (κ2) is 12.6. The van der Waals surface area contributed by atoms with Crippen molar-refractivity contribution in [1.29, 1.82) is 0 Å². The number of morpholine rings is 1. The van der Waals surface area contributed by atoms with Gasteiger partial charge in [0.2, 0.25) is 0 Å². The fourth-order valence-corrected chi connectivity index (χ4v) is 3.73. The molecule has 1 aromatic carbocycles. The van der Waals surface area contributed by atoms with Gasteiger partial charge < -0.3 is 19.1 Å². The van der Waals surface area contributed by atoms with Crippen molar-refractivity contribution < 1.29 is 19.0 Å². The highest BCUT2D eigenvalue weighted by molar-refractivity contribution is 5.19. The van der Waals surface area contributed by atoms with E-state index in [1.807, 2.05) is 30.5 Å². The van der Waals surface area contributed by atoms with E-state index in [0.717, 1.165) is 45.1 Å². The predicted molar refractivity (Wildman–Crippen MR) is 118 cm³/mol. The zero-order chi connectivity index (χ0) is 21.9. The molecule has 1 aliphatic heterocycles. The minimum atomic E-state index is -0.631. The van der Waals surface area contributed by atoms with Gasteiger partial charge in [0.25, 0.3) is 0 Å². The molecule has 1 aliphatic rings. The zero-order valence-corrected chi connectivity index (χ0v) is 18.0. The molecule has 0 amide bonds. The highest BCUT2D eigenvalue weighted by atomic mass is 19.1. The minimum Gasteiger partial charge on any atom is -0.389 e. The molecule has 6 nitrogen and oxygen atoms in total. The molecule has 3 rings (SSSR count). The molecule has 0 spiro atoms. The quantitative estimate of drug-likeness (QED) is 0.412. The van der Waals surface area contributed by atoms with Crippen LogP contribution in [-0.4, -0.2) is 84.7 Å². The van der Waals surface area contributed by atoms with E-state index in [1.54, 1.807) is 6.07 Å². The van der Waals surface area contributed by atoms with Crippen LogP contribution in [0.15, 0.2) is 42.6 Å². The average molecular weight is 430 g/mol. The highest BCUT2D eigenvalue weighted by Crippen LogP contribution is 2.14. The van der Waals surface area contributed by atoms with Gasteiger partial charge in [-0.3, -0.25) is 9.80 Å². The average Bonchev–Trinajstić information content (AvgIpc) is 3.21. The number of rotatable bonds is 12. The Balaban J connectivity index is 1.63. The summed E-state index contributed by atoms with van der Waals surface area (Å²) in [5, 5.41) is 10.4. The van der Waals surface area contributed by atoms with E-state index < -0.39 is 6.10 Å². The molecule has 0 radical (unpaired) electrons. The molecule has 0 saturated carbocycles. The summed E-state index contributed by atoms with van der Waals surface area (Å²) >= 11 is 0. The molecular weight excluding hydrogens is 397 g/mol. The Morgan fingerprint density at radius 1 is 1.23 bits per heavy atom. The van der Waals surface area contributed by atoms with Crippen molar-refractivity contribution in [1.82, 2.24) is 14.4 Å². The summed E-state index contributed by atoms with van der Waals surface area (Å²) < 4.78 is 26.9. The van der Waals surface area contributed by atoms with Crippen LogP contribution >= 0.6 is 0 Å². The van der Waals surface area contributed by atoms with Gasteiger partial charge in [-0.15, -0.1) is 6.42 Å². The standard InChI is InChI=1S/C24H32FN3O3/c1-2-14-31-20-23(29)19-27(11-10-26-12-15-30-16-13-26)18-22-7-5-9-28(22)17-21-6-3-4-8-24(21)25/h1,3-9,23,29H,10-20H2/t23-/m1/s1. The monoisotopic (exact) mass is 429 g/mol. The van der Waals surface area contributed by atoms with E-state index in [4.69, 9.17) is 15.9 Å². The molecule has 1 fully saturated rings. The molecule has 1 N–H and O–H groups in total. The number of aliphatic hydroxyl groups is 1. The molecule has 7 heteroatoms. The first kappa shape index (κ1) is 23.5. The molecule has 1 atom stereocenters. The van der Waals surface area contributed by atoms with Crippen molar-refractivity contribution in [3.05, 3.63) is 59.7 Å². The second-order valence-electron chi connectivity index (χ2n) is 7.78. The molecule has 1 aromatic heterocycles. The molecule has 168 valence electrons. The van der Waals surface area contributed by atoms with Crippen LogP contribution in [0, 0.1) is 18.2 Å². The smallest absolute Gasteiger partial charge is 0.128 e. The third kappa shape index (κ3) is 7.76. The Kier molecular flexibility index (Phi) is 9.53. The maximum Gasteiger partial charge on any atom is 0.128 e. The normalized spacial score (nSPS) is 15.8. The van der Waals surface area contributed by atoms with Gasteiger partial charge in [-0.05, 0) is 18.2 Å². The van der Waals surface area contributed by atoms with E-state index in [9.17, 15) is 9.50 Å². The number of terminal acetylenes is 1. The highest BCUT2D eigenvalue weighted by Gasteiger charge is 2.17. The first-order chi connectivity index (χ1) is 15.2. The van der Waals surface area contributed by atoms with Crippen molar-refractivity contribution in [2.75, 3.05) is 59.2 Å². The molecule has 2 heterocycles. The predicted octanol–water partition coefficient (Wildman–Crippen LogP) is 1.82. The third-order valence-corrected chi connectivity index (χ3v) is 5.41. The van der Waals surface area contributed by atoms with E-state index in [-0.39, 0.29) is 19.0 Å². The fourth-order valence-electron chi connectivity index (χ4n) is 3.73. The molecule has 0 unspecified atom stereocenters. The lowest BCUT2D eigenvalue weighted by atomic mass is 10.2. The summed E-state index contributed by atoms with van der Waals surface area (Å²) in [6.07, 6.45) is 6.55. The van der Waals surface area contributed by atoms with Crippen LogP contribution in [0.25, 0.3) is 0 Å². The van der Waals surface area contributed by atoms with E-state index in [1.165, 1.54) is 6.07 Å². The number of hydrogen-bond donors (Lipinski definition) is 1. The van der Waals surface area contributed by atoms with Crippen LogP contribution in [0.5, 0.6) is 0 Å². The van der Waals surface area contributed by atoms with Crippen LogP contribution in [0.3, 0.4) is 0 Å². The second-order valence-corrected chi connectivity index (χ2v) is 7.78. The summed E-state index contributed by atoms with van der Waals surface area (Å²) in [5.74, 6) is 2.22. The van der Waals surface area contributed by atoms with Crippen LogP contribution in [0.1, 0.15) is 11.3 Å². The van der Waals surface area contributed by atoms with Crippen LogP contribution in [0.4, 0.5) is 4.39 Å². The molecule has 1 saturated heterocycles. The van der Waals surface area contributed by atoms with Gasteiger partial charge in [-0.2, -0.15) is 0 Å². The number of hydrogen-bond acceptors (Lipinski definition) is 5. The molecule has 2 aromatic rings. The van der Waals surface area contributed by atoms with Gasteiger partial charge in [0.05, 0.1) is 32.5 Å². The summed E-state index contributed by atoms with van der Waals surface area (Å²) in [7, 11) is 0. The fraction of sp³-hybridized carbons (Fsp3) is 0.500. The number of ether oxygens (including phenoxy) is 2. The molecule has 0 bridgehead atoms. The summed E-state index contributed by atoms with van der Waals surface area (Å²) in [5.41, 5.74) is 1.73. The number of aliphatic hydroxyl groups excluding tert-OH is 1. The van der Waals surface area contributed by atoms with Gasteiger partial charge in [0, 0.05) is 56.7 Å². The van der Waals surface area contributed by atoms with Crippen molar-refractivity contribution in [3.63, 3.8) is 0 Å².